The number of carbonyl (C=O) groups is 1. The van der Waals surface area contributed by atoms with Crippen LogP contribution in [0, 0.1) is 0 Å². The molecule has 0 atom stereocenters. The molecule has 112 valence electrons. The van der Waals surface area contributed by atoms with Gasteiger partial charge in [-0.05, 0) is 33.8 Å². The predicted molar refractivity (Wildman–Crippen MR) is 73.1 cm³/mol. The van der Waals surface area contributed by atoms with Gasteiger partial charge in [-0.2, -0.15) is 4.57 Å². The molecule has 0 aliphatic heterocycles. The predicted octanol–water partition coefficient (Wildman–Crippen LogP) is -1.57. The number of amides is 1. The summed E-state index contributed by atoms with van der Waals surface area (Å²) in [5.41, 5.74) is 0.749. The molecular weight excluding hydrogens is 278 g/mol. The molecule has 0 aromatic carbocycles. The normalized spacial score (nSPS) is 10.9. The highest BCUT2D eigenvalue weighted by molar-refractivity contribution is 5.78. The Balaban J connectivity index is 0.00000361. The average molecular weight is 300 g/mol. The van der Waals surface area contributed by atoms with Gasteiger partial charge in [0.25, 0.3) is 5.91 Å². The molecule has 1 aromatic heterocycles. The van der Waals surface area contributed by atoms with E-state index in [1.54, 1.807) is 10.8 Å². The molecule has 20 heavy (non-hydrogen) atoms. The second kappa shape index (κ2) is 8.53. The number of nitrogens with zero attached hydrogens (tertiary/aromatic N) is 3. The first-order chi connectivity index (χ1) is 8.95. The number of oxime groups is 1. The minimum Gasteiger partial charge on any atom is -1.00 e. The quantitative estimate of drug-likeness (QED) is 0.309. The van der Waals surface area contributed by atoms with Crippen molar-refractivity contribution in [2.75, 3.05) is 0 Å². The number of pyridine rings is 1. The SMILES string of the molecule is CC(C)N(C(=O)C[n+]1cccc(/C=N/O)c1)C(C)C.[Cl-]. The van der Waals surface area contributed by atoms with Crippen LogP contribution in [0.4, 0.5) is 0 Å². The van der Waals surface area contributed by atoms with Gasteiger partial charge < -0.3 is 22.5 Å². The Bertz CT molecular complexity index is 453. The largest absolute Gasteiger partial charge is 1.00 e. The van der Waals surface area contributed by atoms with Crippen LogP contribution in [0.1, 0.15) is 33.3 Å². The molecule has 0 saturated heterocycles. The molecule has 0 spiro atoms. The van der Waals surface area contributed by atoms with Crippen molar-refractivity contribution in [3.8, 4) is 0 Å². The van der Waals surface area contributed by atoms with E-state index in [1.807, 2.05) is 50.9 Å². The second-order valence-corrected chi connectivity index (χ2v) is 5.04. The zero-order chi connectivity index (χ0) is 14.4. The molecule has 0 fully saturated rings. The van der Waals surface area contributed by atoms with E-state index in [9.17, 15) is 4.79 Å². The third kappa shape index (κ3) is 5.17. The Labute approximate surface area is 126 Å². The Morgan fingerprint density at radius 3 is 2.50 bits per heavy atom. The molecule has 1 amide bonds. The van der Waals surface area contributed by atoms with Crippen LogP contribution in [-0.2, 0) is 11.3 Å². The lowest BCUT2D eigenvalue weighted by atomic mass is 10.2. The first-order valence-electron chi connectivity index (χ1n) is 6.43. The molecule has 6 heteroatoms. The van der Waals surface area contributed by atoms with Gasteiger partial charge in [0.05, 0.1) is 11.8 Å². The van der Waals surface area contributed by atoms with Gasteiger partial charge in [-0.25, -0.2) is 0 Å². The summed E-state index contributed by atoms with van der Waals surface area (Å²) in [6.07, 6.45) is 4.94. The van der Waals surface area contributed by atoms with Gasteiger partial charge in [-0.1, -0.05) is 5.16 Å². The van der Waals surface area contributed by atoms with Crippen LogP contribution >= 0.6 is 0 Å². The molecule has 1 N–H and O–H groups in total. The van der Waals surface area contributed by atoms with Gasteiger partial charge in [-0.15, -0.1) is 0 Å². The fourth-order valence-electron chi connectivity index (χ4n) is 2.19. The van der Waals surface area contributed by atoms with Crippen molar-refractivity contribution in [2.24, 2.45) is 5.16 Å². The highest BCUT2D eigenvalue weighted by Gasteiger charge is 2.23. The van der Waals surface area contributed by atoms with E-state index in [4.69, 9.17) is 5.21 Å². The lowest BCUT2D eigenvalue weighted by molar-refractivity contribution is -0.685. The monoisotopic (exact) mass is 299 g/mol. The van der Waals surface area contributed by atoms with E-state index in [2.05, 4.69) is 5.16 Å². The molecule has 1 heterocycles. The Hall–Kier alpha value is -1.62. The fourth-order valence-corrected chi connectivity index (χ4v) is 2.19. The van der Waals surface area contributed by atoms with Crippen molar-refractivity contribution in [2.45, 2.75) is 46.3 Å². The van der Waals surface area contributed by atoms with Crippen LogP contribution in [0.3, 0.4) is 0 Å². The summed E-state index contributed by atoms with van der Waals surface area (Å²) in [6, 6.07) is 3.98. The van der Waals surface area contributed by atoms with Crippen molar-refractivity contribution >= 4 is 12.1 Å². The van der Waals surface area contributed by atoms with Gasteiger partial charge in [-0.3, -0.25) is 4.79 Å². The minimum atomic E-state index is 0. The van der Waals surface area contributed by atoms with Crippen molar-refractivity contribution in [3.63, 3.8) is 0 Å². The average Bonchev–Trinajstić information content (AvgIpc) is 2.28. The minimum absolute atomic E-state index is 0. The van der Waals surface area contributed by atoms with E-state index in [1.165, 1.54) is 6.21 Å². The summed E-state index contributed by atoms with van der Waals surface area (Å²) in [4.78, 5) is 14.1. The summed E-state index contributed by atoms with van der Waals surface area (Å²) < 4.78 is 1.79. The molecule has 0 bridgehead atoms. The standard InChI is InChI=1S/C14H21N3O2.ClH/c1-11(2)17(12(3)4)14(18)10-16-7-5-6-13(9-16)8-15-19;/h5-9,11-12H,10H2,1-4H3;1H/b15-8+;. The van der Waals surface area contributed by atoms with Crippen LogP contribution in [0.5, 0.6) is 0 Å². The van der Waals surface area contributed by atoms with Crippen molar-refractivity contribution in [3.05, 3.63) is 30.1 Å². The number of carbonyl (C=O) groups excluding carboxylic acids is 1. The lowest BCUT2D eigenvalue weighted by Gasteiger charge is -2.29. The van der Waals surface area contributed by atoms with Crippen LogP contribution in [-0.4, -0.2) is 34.3 Å². The maximum absolute atomic E-state index is 12.3. The molecule has 0 aliphatic carbocycles. The molecule has 5 nitrogen and oxygen atoms in total. The van der Waals surface area contributed by atoms with Crippen molar-refractivity contribution in [1.82, 2.24) is 4.90 Å². The summed E-state index contributed by atoms with van der Waals surface area (Å²) in [7, 11) is 0. The van der Waals surface area contributed by atoms with E-state index in [-0.39, 0.29) is 36.9 Å². The summed E-state index contributed by atoms with van der Waals surface area (Å²) in [5, 5.41) is 11.5. The first-order valence-corrected chi connectivity index (χ1v) is 6.43. The third-order valence-electron chi connectivity index (χ3n) is 2.81. The summed E-state index contributed by atoms with van der Waals surface area (Å²) in [6.45, 7) is 8.33. The van der Waals surface area contributed by atoms with E-state index < -0.39 is 0 Å². The number of hydrogen-bond donors (Lipinski definition) is 1. The van der Waals surface area contributed by atoms with Crippen molar-refractivity contribution in [1.29, 1.82) is 0 Å². The molecule has 1 aromatic rings. The Morgan fingerprint density at radius 2 is 2.00 bits per heavy atom. The van der Waals surface area contributed by atoms with Crippen LogP contribution in [0.15, 0.2) is 29.7 Å². The van der Waals surface area contributed by atoms with Gasteiger partial charge >= 0.3 is 0 Å². The van der Waals surface area contributed by atoms with Crippen LogP contribution < -0.4 is 17.0 Å². The topological polar surface area (TPSA) is 56.8 Å². The van der Waals surface area contributed by atoms with Gasteiger partial charge in [0.15, 0.2) is 12.4 Å². The molecule has 0 saturated carbocycles. The third-order valence-corrected chi connectivity index (χ3v) is 2.81. The van der Waals surface area contributed by atoms with E-state index >= 15 is 0 Å². The summed E-state index contributed by atoms with van der Waals surface area (Å²) >= 11 is 0. The zero-order valence-electron chi connectivity index (χ0n) is 12.3. The van der Waals surface area contributed by atoms with Gasteiger partial charge in [0, 0.05) is 18.2 Å². The molecular formula is C14H22ClN3O2. The number of rotatable bonds is 5. The van der Waals surface area contributed by atoms with E-state index in [0.717, 1.165) is 5.56 Å². The summed E-state index contributed by atoms with van der Waals surface area (Å²) in [5.74, 6) is 0.0769. The number of hydrogen-bond acceptors (Lipinski definition) is 3. The highest BCUT2D eigenvalue weighted by Crippen LogP contribution is 2.05. The first kappa shape index (κ1) is 18.4. The molecule has 0 unspecified atom stereocenters. The van der Waals surface area contributed by atoms with Crippen LogP contribution in [0.25, 0.3) is 0 Å². The lowest BCUT2D eigenvalue weighted by Crippen LogP contribution is -3.00. The zero-order valence-corrected chi connectivity index (χ0v) is 13.1. The Morgan fingerprint density at radius 1 is 1.40 bits per heavy atom. The van der Waals surface area contributed by atoms with Gasteiger partial charge in [0.1, 0.15) is 0 Å². The fraction of sp³-hybridized carbons (Fsp3) is 0.500. The maximum atomic E-state index is 12.3. The molecule has 0 aliphatic rings. The Kier molecular flexibility index (Phi) is 7.84. The van der Waals surface area contributed by atoms with Gasteiger partial charge in [0.2, 0.25) is 6.54 Å². The van der Waals surface area contributed by atoms with Crippen molar-refractivity contribution < 1.29 is 27.0 Å². The number of aromatic nitrogens is 1. The van der Waals surface area contributed by atoms with Crippen LogP contribution in [0.2, 0.25) is 0 Å². The van der Waals surface area contributed by atoms with E-state index in [0.29, 0.717) is 0 Å². The molecule has 1 rings (SSSR count). The molecule has 0 radical (unpaired) electrons. The second-order valence-electron chi connectivity index (χ2n) is 5.04. The number of halogens is 1. The maximum Gasteiger partial charge on any atom is 0.289 e. The smallest absolute Gasteiger partial charge is 0.289 e. The highest BCUT2D eigenvalue weighted by atomic mass is 35.5.